The Labute approximate surface area is 302 Å². The molecule has 0 saturated heterocycles. The van der Waals surface area contributed by atoms with Crippen LogP contribution < -0.4 is 10.1 Å². The Kier molecular flexibility index (Phi) is 13.2. The summed E-state index contributed by atoms with van der Waals surface area (Å²) in [5, 5.41) is 48.4. The van der Waals surface area contributed by atoms with E-state index in [4.69, 9.17) is 9.47 Å². The van der Waals surface area contributed by atoms with E-state index in [-0.39, 0.29) is 12.8 Å². The number of unbranched alkanes of at least 4 members (excludes halogenated alkanes) is 1. The van der Waals surface area contributed by atoms with E-state index in [1.165, 1.54) is 5.56 Å². The van der Waals surface area contributed by atoms with Crippen LogP contribution in [0.2, 0.25) is 0 Å². The Morgan fingerprint density at radius 3 is 1.68 bits per heavy atom. The van der Waals surface area contributed by atoms with Crippen LogP contribution in [0.1, 0.15) is 64.4 Å². The van der Waals surface area contributed by atoms with Crippen molar-refractivity contribution in [1.29, 1.82) is 0 Å². The summed E-state index contributed by atoms with van der Waals surface area (Å²) in [5.74, 6) is -1.44. The molecule has 0 aliphatic carbocycles. The normalized spacial score (nSPS) is 11.9. The first kappa shape index (κ1) is 39.0. The summed E-state index contributed by atoms with van der Waals surface area (Å²) in [7, 11) is 0. The fourth-order valence-corrected chi connectivity index (χ4v) is 5.40. The van der Waals surface area contributed by atoms with Gasteiger partial charge < -0.3 is 14.8 Å². The number of carbonyl (C=O) groups is 2. The Hall–Kier alpha value is -6.78. The van der Waals surface area contributed by atoms with E-state index >= 15 is 0 Å². The van der Waals surface area contributed by atoms with E-state index in [1.54, 1.807) is 19.1 Å². The molecule has 17 nitrogen and oxygen atoms in total. The van der Waals surface area contributed by atoms with E-state index in [0.717, 1.165) is 49.1 Å². The van der Waals surface area contributed by atoms with Crippen LogP contribution in [0, 0.1) is 40.5 Å². The molecule has 276 valence electrons. The standard InChI is InChI=1S/C36H35N5O12/c1-2-36(37-34(42)27-18-29(38(44)45)22-30(19-27)39(46)47,24-53-35(43)28-20-31(40(48)49)23-32(21-28)41(50)51)16-15-26-11-13-33(14-12-26)52-17-7-6-10-25-8-4-3-5-9-25/h3-5,8-9,11-14,18-23H,2,6-7,10,15-17,24H2,1H3,(H,37,42). The smallest absolute Gasteiger partial charge is 0.338 e. The van der Waals surface area contributed by atoms with Gasteiger partial charge in [0.2, 0.25) is 0 Å². The van der Waals surface area contributed by atoms with E-state index in [0.29, 0.717) is 30.9 Å². The van der Waals surface area contributed by atoms with Crippen molar-refractivity contribution in [3.63, 3.8) is 0 Å². The Balaban J connectivity index is 1.52. The highest BCUT2D eigenvalue weighted by molar-refractivity contribution is 5.96. The highest BCUT2D eigenvalue weighted by Gasteiger charge is 2.34. The van der Waals surface area contributed by atoms with Gasteiger partial charge in [-0.05, 0) is 61.8 Å². The first-order valence-corrected chi connectivity index (χ1v) is 16.4. The summed E-state index contributed by atoms with van der Waals surface area (Å²) in [4.78, 5) is 68.7. The molecule has 0 radical (unpaired) electrons. The maximum Gasteiger partial charge on any atom is 0.338 e. The molecule has 0 heterocycles. The molecule has 4 aromatic rings. The molecule has 4 rings (SSSR count). The number of nitro benzene ring substituents is 4. The highest BCUT2D eigenvalue weighted by Crippen LogP contribution is 2.27. The van der Waals surface area contributed by atoms with E-state index in [2.05, 4.69) is 17.4 Å². The van der Waals surface area contributed by atoms with Crippen LogP contribution in [0.25, 0.3) is 0 Å². The van der Waals surface area contributed by atoms with E-state index in [9.17, 15) is 50.0 Å². The molecule has 1 atom stereocenters. The number of esters is 1. The Morgan fingerprint density at radius 2 is 1.17 bits per heavy atom. The van der Waals surface area contributed by atoms with Crippen LogP contribution in [-0.2, 0) is 17.6 Å². The number of benzene rings is 4. The number of hydrogen-bond acceptors (Lipinski definition) is 12. The third-order valence-electron chi connectivity index (χ3n) is 8.47. The largest absolute Gasteiger partial charge is 0.494 e. The average molecular weight is 730 g/mol. The number of hydrogen-bond donors (Lipinski definition) is 1. The van der Waals surface area contributed by atoms with Gasteiger partial charge in [0.25, 0.3) is 28.7 Å². The molecular formula is C36H35N5O12. The molecule has 4 aromatic carbocycles. The van der Waals surface area contributed by atoms with Crippen LogP contribution in [0.15, 0.2) is 91.0 Å². The minimum absolute atomic E-state index is 0.113. The van der Waals surface area contributed by atoms with Crippen molar-refractivity contribution in [2.45, 2.75) is 51.0 Å². The summed E-state index contributed by atoms with van der Waals surface area (Å²) in [5.41, 5.74) is -3.01. The zero-order valence-corrected chi connectivity index (χ0v) is 28.5. The van der Waals surface area contributed by atoms with Gasteiger partial charge in [-0.15, -0.1) is 0 Å². The van der Waals surface area contributed by atoms with Crippen molar-refractivity contribution in [2.24, 2.45) is 0 Å². The number of amides is 1. The molecule has 1 unspecified atom stereocenters. The lowest BCUT2D eigenvalue weighted by atomic mass is 9.88. The third kappa shape index (κ3) is 11.1. The molecule has 0 fully saturated rings. The summed E-state index contributed by atoms with van der Waals surface area (Å²) >= 11 is 0. The monoisotopic (exact) mass is 729 g/mol. The number of non-ortho nitro benzene ring substituents is 4. The van der Waals surface area contributed by atoms with Crippen molar-refractivity contribution in [1.82, 2.24) is 5.32 Å². The number of rotatable bonds is 19. The molecule has 0 aliphatic heterocycles. The topological polar surface area (TPSA) is 237 Å². The second kappa shape index (κ2) is 17.9. The van der Waals surface area contributed by atoms with Crippen molar-refractivity contribution < 1.29 is 38.8 Å². The van der Waals surface area contributed by atoms with Crippen LogP contribution in [-0.4, -0.2) is 50.3 Å². The molecule has 0 saturated carbocycles. The molecule has 17 heteroatoms. The average Bonchev–Trinajstić information content (AvgIpc) is 3.16. The molecule has 0 aromatic heterocycles. The second-order valence-corrected chi connectivity index (χ2v) is 12.1. The van der Waals surface area contributed by atoms with Crippen LogP contribution in [0.5, 0.6) is 5.75 Å². The maximum atomic E-state index is 13.5. The van der Waals surface area contributed by atoms with Gasteiger partial charge in [0.1, 0.15) is 12.4 Å². The minimum atomic E-state index is -1.38. The molecular weight excluding hydrogens is 694 g/mol. The van der Waals surface area contributed by atoms with Crippen molar-refractivity contribution in [3.05, 3.63) is 154 Å². The minimum Gasteiger partial charge on any atom is -0.494 e. The van der Waals surface area contributed by atoms with Crippen molar-refractivity contribution in [2.75, 3.05) is 13.2 Å². The molecule has 1 amide bonds. The number of ether oxygens (including phenoxy) is 2. The lowest BCUT2D eigenvalue weighted by molar-refractivity contribution is -0.394. The molecule has 0 aliphatic rings. The number of carbonyl (C=O) groups excluding carboxylic acids is 2. The van der Waals surface area contributed by atoms with Gasteiger partial charge >= 0.3 is 5.97 Å². The summed E-state index contributed by atoms with van der Waals surface area (Å²) in [6.45, 7) is 1.65. The Morgan fingerprint density at radius 1 is 0.660 bits per heavy atom. The molecule has 53 heavy (non-hydrogen) atoms. The number of aryl methyl sites for hydroxylation is 2. The zero-order valence-electron chi connectivity index (χ0n) is 28.5. The van der Waals surface area contributed by atoms with Gasteiger partial charge in [0.05, 0.1) is 55.1 Å². The fraction of sp³-hybridized carbons (Fsp3) is 0.278. The second-order valence-electron chi connectivity index (χ2n) is 12.1. The van der Waals surface area contributed by atoms with E-state index in [1.807, 2.05) is 30.3 Å². The maximum absolute atomic E-state index is 13.5. The third-order valence-corrected chi connectivity index (χ3v) is 8.47. The van der Waals surface area contributed by atoms with Gasteiger partial charge in [-0.25, -0.2) is 4.79 Å². The molecule has 1 N–H and O–H groups in total. The van der Waals surface area contributed by atoms with Gasteiger partial charge in [0.15, 0.2) is 0 Å². The SMILES string of the molecule is CCC(CCc1ccc(OCCCCc2ccccc2)cc1)(COC(=O)c1cc([N+](=O)[O-])cc([N+](=O)[O-])c1)NC(=O)c1cc([N+](=O)[O-])cc([N+](=O)[O-])c1. The molecule has 0 spiro atoms. The number of nitrogens with one attached hydrogen (secondary N) is 1. The number of nitro groups is 4. The summed E-state index contributed by atoms with van der Waals surface area (Å²) in [6.07, 6.45) is 3.29. The van der Waals surface area contributed by atoms with Gasteiger partial charge in [0, 0.05) is 24.3 Å². The van der Waals surface area contributed by atoms with Crippen LogP contribution in [0.3, 0.4) is 0 Å². The van der Waals surface area contributed by atoms with Crippen molar-refractivity contribution in [3.8, 4) is 5.75 Å². The lowest BCUT2D eigenvalue weighted by Gasteiger charge is -2.33. The zero-order chi connectivity index (χ0) is 38.5. The molecule has 0 bridgehead atoms. The lowest BCUT2D eigenvalue weighted by Crippen LogP contribution is -2.52. The number of nitrogens with zero attached hydrogens (tertiary/aromatic N) is 4. The van der Waals surface area contributed by atoms with Gasteiger partial charge in [-0.2, -0.15) is 0 Å². The summed E-state index contributed by atoms with van der Waals surface area (Å²) in [6, 6.07) is 22.1. The quantitative estimate of drug-likeness (QED) is 0.0440. The van der Waals surface area contributed by atoms with Gasteiger partial charge in [-0.3, -0.25) is 45.3 Å². The highest BCUT2D eigenvalue weighted by atomic mass is 16.6. The first-order chi connectivity index (χ1) is 25.3. The predicted octanol–water partition coefficient (Wildman–Crippen LogP) is 7.09. The van der Waals surface area contributed by atoms with Crippen LogP contribution in [0.4, 0.5) is 22.7 Å². The summed E-state index contributed by atoms with van der Waals surface area (Å²) < 4.78 is 11.4. The predicted molar refractivity (Wildman–Crippen MR) is 190 cm³/mol. The first-order valence-electron chi connectivity index (χ1n) is 16.4. The van der Waals surface area contributed by atoms with E-state index < -0.39 is 77.6 Å². The van der Waals surface area contributed by atoms with Crippen molar-refractivity contribution >= 4 is 34.6 Å². The Bertz CT molecular complexity index is 1920. The fourth-order valence-electron chi connectivity index (χ4n) is 5.40. The van der Waals surface area contributed by atoms with Gasteiger partial charge in [-0.1, -0.05) is 49.4 Å². The van der Waals surface area contributed by atoms with Crippen LogP contribution >= 0.6 is 0 Å².